The zero-order chi connectivity index (χ0) is 12.1. The Bertz CT molecular complexity index is 468. The Hall–Kier alpha value is -1.95. The first-order chi connectivity index (χ1) is 8.29. The van der Waals surface area contributed by atoms with E-state index in [-0.39, 0.29) is 0 Å². The molecule has 0 radical (unpaired) electrons. The molecule has 0 saturated carbocycles. The molecule has 0 unspecified atom stereocenters. The molecule has 6 heteroatoms. The summed E-state index contributed by atoms with van der Waals surface area (Å²) in [5, 5.41) is 3.17. The Morgan fingerprint density at radius 1 is 1.35 bits per heavy atom. The van der Waals surface area contributed by atoms with Crippen molar-refractivity contribution in [2.45, 2.75) is 13.5 Å². The van der Waals surface area contributed by atoms with Gasteiger partial charge in [-0.15, -0.1) is 0 Å². The lowest BCUT2D eigenvalue weighted by Crippen LogP contribution is -2.07. The highest BCUT2D eigenvalue weighted by Gasteiger charge is 2.05. The average Bonchev–Trinajstić information content (AvgIpc) is 2.68. The lowest BCUT2D eigenvalue weighted by Gasteiger charge is -2.08. The maximum atomic E-state index is 5.06. The Balaban J connectivity index is 2.14. The van der Waals surface area contributed by atoms with Gasteiger partial charge in [0.1, 0.15) is 6.33 Å². The molecule has 0 amide bonds. The SMILES string of the molecule is COCCn1cc(C)nc1Nc1cncnc1. The Labute approximate surface area is 99.7 Å². The number of methoxy groups -OCH3 is 1. The van der Waals surface area contributed by atoms with Crippen molar-refractivity contribution in [2.24, 2.45) is 0 Å². The topological polar surface area (TPSA) is 64.9 Å². The van der Waals surface area contributed by atoms with Gasteiger partial charge in [-0.3, -0.25) is 0 Å². The maximum absolute atomic E-state index is 5.06. The van der Waals surface area contributed by atoms with E-state index in [1.54, 1.807) is 19.5 Å². The number of hydrogen-bond acceptors (Lipinski definition) is 5. The second-order valence-corrected chi connectivity index (χ2v) is 3.64. The molecule has 0 aromatic carbocycles. The van der Waals surface area contributed by atoms with Crippen molar-refractivity contribution in [3.8, 4) is 0 Å². The van der Waals surface area contributed by atoms with Gasteiger partial charge < -0.3 is 14.6 Å². The number of rotatable bonds is 5. The van der Waals surface area contributed by atoms with Crippen molar-refractivity contribution in [2.75, 3.05) is 19.0 Å². The highest BCUT2D eigenvalue weighted by atomic mass is 16.5. The molecule has 1 N–H and O–H groups in total. The molecule has 0 fully saturated rings. The summed E-state index contributed by atoms with van der Waals surface area (Å²) in [6.07, 6.45) is 6.88. The number of ether oxygens (including phenoxy) is 1. The predicted molar refractivity (Wildman–Crippen MR) is 64.2 cm³/mol. The Morgan fingerprint density at radius 2 is 2.12 bits per heavy atom. The molecule has 90 valence electrons. The second kappa shape index (κ2) is 5.40. The highest BCUT2D eigenvalue weighted by Crippen LogP contribution is 2.14. The van der Waals surface area contributed by atoms with Crippen LogP contribution in [0.4, 0.5) is 11.6 Å². The fourth-order valence-corrected chi connectivity index (χ4v) is 1.50. The fraction of sp³-hybridized carbons (Fsp3) is 0.364. The number of imidazole rings is 1. The first kappa shape index (κ1) is 11.5. The summed E-state index contributed by atoms with van der Waals surface area (Å²) in [4.78, 5) is 12.3. The number of hydrogen-bond donors (Lipinski definition) is 1. The molecule has 17 heavy (non-hydrogen) atoms. The van der Waals surface area contributed by atoms with Gasteiger partial charge in [-0.2, -0.15) is 0 Å². The number of nitrogens with one attached hydrogen (secondary N) is 1. The quantitative estimate of drug-likeness (QED) is 0.845. The number of aromatic nitrogens is 4. The molecule has 0 spiro atoms. The van der Waals surface area contributed by atoms with E-state index in [1.165, 1.54) is 6.33 Å². The van der Waals surface area contributed by atoms with Crippen LogP contribution in [0.1, 0.15) is 5.69 Å². The molecular formula is C11H15N5O. The molecule has 0 atom stereocenters. The van der Waals surface area contributed by atoms with Gasteiger partial charge in [0.25, 0.3) is 0 Å². The molecule has 6 nitrogen and oxygen atoms in total. The molecule has 0 aliphatic rings. The molecule has 0 aliphatic carbocycles. The van der Waals surface area contributed by atoms with Gasteiger partial charge in [0.15, 0.2) is 0 Å². The predicted octanol–water partition coefficient (Wildman–Crippen LogP) is 1.37. The van der Waals surface area contributed by atoms with Crippen LogP contribution in [-0.2, 0) is 11.3 Å². The van der Waals surface area contributed by atoms with E-state index < -0.39 is 0 Å². The molecular weight excluding hydrogens is 218 g/mol. The van der Waals surface area contributed by atoms with Crippen molar-refractivity contribution in [3.63, 3.8) is 0 Å². The lowest BCUT2D eigenvalue weighted by molar-refractivity contribution is 0.188. The fourth-order valence-electron chi connectivity index (χ4n) is 1.50. The van der Waals surface area contributed by atoms with Crippen LogP contribution >= 0.6 is 0 Å². The van der Waals surface area contributed by atoms with Crippen LogP contribution in [0.2, 0.25) is 0 Å². The average molecular weight is 233 g/mol. The van der Waals surface area contributed by atoms with Crippen molar-refractivity contribution in [1.29, 1.82) is 0 Å². The summed E-state index contributed by atoms with van der Waals surface area (Å²) in [7, 11) is 1.68. The van der Waals surface area contributed by atoms with Crippen molar-refractivity contribution in [3.05, 3.63) is 30.6 Å². The molecule has 2 aromatic rings. The summed E-state index contributed by atoms with van der Waals surface area (Å²) >= 11 is 0. The van der Waals surface area contributed by atoms with E-state index in [0.717, 1.165) is 23.9 Å². The summed E-state index contributed by atoms with van der Waals surface area (Å²) in [5.74, 6) is 0.773. The van der Waals surface area contributed by atoms with E-state index in [2.05, 4.69) is 20.3 Å². The minimum Gasteiger partial charge on any atom is -0.383 e. The van der Waals surface area contributed by atoms with Gasteiger partial charge in [0.05, 0.1) is 30.4 Å². The van der Waals surface area contributed by atoms with Crippen molar-refractivity contribution in [1.82, 2.24) is 19.5 Å². The van der Waals surface area contributed by atoms with Crippen LogP contribution in [0.25, 0.3) is 0 Å². The van der Waals surface area contributed by atoms with Gasteiger partial charge in [-0.05, 0) is 6.92 Å². The zero-order valence-corrected chi connectivity index (χ0v) is 9.92. The van der Waals surface area contributed by atoms with E-state index in [9.17, 15) is 0 Å². The Morgan fingerprint density at radius 3 is 2.82 bits per heavy atom. The lowest BCUT2D eigenvalue weighted by atomic mass is 10.5. The highest BCUT2D eigenvalue weighted by molar-refractivity contribution is 5.50. The summed E-state index contributed by atoms with van der Waals surface area (Å²) in [6, 6.07) is 0. The third-order valence-electron chi connectivity index (χ3n) is 2.25. The molecule has 0 saturated heterocycles. The van der Waals surface area contributed by atoms with Gasteiger partial charge in [-0.1, -0.05) is 0 Å². The monoisotopic (exact) mass is 233 g/mol. The van der Waals surface area contributed by atoms with Crippen LogP contribution in [-0.4, -0.2) is 33.2 Å². The largest absolute Gasteiger partial charge is 0.383 e. The molecule has 2 rings (SSSR count). The molecule has 0 aliphatic heterocycles. The van der Waals surface area contributed by atoms with Gasteiger partial charge in [0, 0.05) is 19.9 Å². The Kier molecular flexibility index (Phi) is 3.66. The van der Waals surface area contributed by atoms with Crippen LogP contribution < -0.4 is 5.32 Å². The molecule has 2 heterocycles. The van der Waals surface area contributed by atoms with E-state index in [1.807, 2.05) is 17.7 Å². The minimum absolute atomic E-state index is 0.649. The first-order valence-corrected chi connectivity index (χ1v) is 5.34. The molecule has 2 aromatic heterocycles. The van der Waals surface area contributed by atoms with Crippen molar-refractivity contribution < 1.29 is 4.74 Å². The van der Waals surface area contributed by atoms with E-state index in [0.29, 0.717) is 6.61 Å². The van der Waals surface area contributed by atoms with Crippen molar-refractivity contribution >= 4 is 11.6 Å². The van der Waals surface area contributed by atoms with Gasteiger partial charge in [-0.25, -0.2) is 15.0 Å². The first-order valence-electron chi connectivity index (χ1n) is 5.34. The number of anilines is 2. The third kappa shape index (κ3) is 3.01. The minimum atomic E-state index is 0.649. The summed E-state index contributed by atoms with van der Waals surface area (Å²) < 4.78 is 7.06. The number of nitrogens with zero attached hydrogens (tertiary/aromatic N) is 4. The van der Waals surface area contributed by atoms with E-state index in [4.69, 9.17) is 4.74 Å². The second-order valence-electron chi connectivity index (χ2n) is 3.64. The standard InChI is InChI=1S/C11H15N5O/c1-9-7-16(3-4-17-2)11(14-9)15-10-5-12-8-13-6-10/h5-8H,3-4H2,1-2H3,(H,14,15). The summed E-state index contributed by atoms with van der Waals surface area (Å²) in [6.45, 7) is 3.36. The number of aryl methyl sites for hydroxylation is 1. The normalized spacial score (nSPS) is 10.5. The zero-order valence-electron chi connectivity index (χ0n) is 9.92. The van der Waals surface area contributed by atoms with Gasteiger partial charge >= 0.3 is 0 Å². The molecule has 0 bridgehead atoms. The maximum Gasteiger partial charge on any atom is 0.207 e. The van der Waals surface area contributed by atoms with Crippen LogP contribution in [0, 0.1) is 6.92 Å². The van der Waals surface area contributed by atoms with Gasteiger partial charge in [0.2, 0.25) is 5.95 Å². The van der Waals surface area contributed by atoms with Crippen LogP contribution in [0.15, 0.2) is 24.9 Å². The van der Waals surface area contributed by atoms with E-state index >= 15 is 0 Å². The smallest absolute Gasteiger partial charge is 0.207 e. The third-order valence-corrected chi connectivity index (χ3v) is 2.25. The summed E-state index contributed by atoms with van der Waals surface area (Å²) in [5.41, 5.74) is 1.78. The van der Waals surface area contributed by atoms with Crippen LogP contribution in [0.5, 0.6) is 0 Å². The van der Waals surface area contributed by atoms with Crippen LogP contribution in [0.3, 0.4) is 0 Å².